The van der Waals surface area contributed by atoms with Gasteiger partial charge in [-0.25, -0.2) is 0 Å². The Kier molecular flexibility index (Phi) is 7.57. The Morgan fingerprint density at radius 2 is 1.86 bits per heavy atom. The first-order valence-electron chi connectivity index (χ1n) is 1.42. The van der Waals surface area contributed by atoms with E-state index in [-0.39, 0.29) is 49.4 Å². The second kappa shape index (κ2) is 4.60. The van der Waals surface area contributed by atoms with Crippen LogP contribution in [-0.2, 0) is 9.09 Å². The second-order valence-electron chi connectivity index (χ2n) is 0.986. The molecule has 1 unspecified atom stereocenters. The van der Waals surface area contributed by atoms with Crippen molar-refractivity contribution in [3.05, 3.63) is 0 Å². The van der Waals surface area contributed by atoms with E-state index < -0.39 is 7.60 Å². The van der Waals surface area contributed by atoms with Crippen molar-refractivity contribution in [1.29, 1.82) is 0 Å². The van der Waals surface area contributed by atoms with E-state index >= 15 is 0 Å². The molecule has 0 aliphatic heterocycles. The molecule has 5 heteroatoms. The molecule has 3 nitrogen and oxygen atoms in total. The van der Waals surface area contributed by atoms with Crippen LogP contribution in [0.25, 0.3) is 0 Å². The maximum atomic E-state index is 9.92. The van der Waals surface area contributed by atoms with Gasteiger partial charge >= 0.3 is 7.60 Å². The zero-order valence-electron chi connectivity index (χ0n) is 4.09. The fraction of sp³-hybridized carbons (Fsp3) is 1.00. The third-order valence-corrected chi connectivity index (χ3v) is 1.02. The van der Waals surface area contributed by atoms with Crippen molar-refractivity contribution in [2.24, 2.45) is 0 Å². The maximum Gasteiger partial charge on any atom is 0.324 e. The van der Waals surface area contributed by atoms with Gasteiger partial charge in [-0.15, -0.1) is 0 Å². The van der Waals surface area contributed by atoms with Gasteiger partial charge in [-0.2, -0.15) is 0 Å². The van der Waals surface area contributed by atoms with Crippen molar-refractivity contribution in [2.75, 3.05) is 13.8 Å². The first-order chi connectivity index (χ1) is 2.56. The molecule has 1 atom stereocenters. The molecule has 0 spiro atoms. The normalized spacial score (nSPS) is 17.0. The van der Waals surface area contributed by atoms with Crippen molar-refractivity contribution >= 4 is 7.60 Å². The zero-order chi connectivity index (χ0) is 5.21. The topological polar surface area (TPSA) is 46.5 Å². The molecular weight excluding hydrogens is 255 g/mol. The van der Waals surface area contributed by atoms with Gasteiger partial charge in [-0.1, -0.05) is 0 Å². The fourth-order valence-corrected chi connectivity index (χ4v) is 0. The van der Waals surface area contributed by atoms with Gasteiger partial charge in [0.2, 0.25) is 0 Å². The average molecular weight is 262 g/mol. The molecule has 45 valence electrons. The standard InChI is InChI=1S/C2H7O3P.Eu/c1-5-6(2,3)4;/h1-2H3,(H,3,4);. The molecule has 1 radical (unpaired) electrons. The van der Waals surface area contributed by atoms with Gasteiger partial charge in [-0.05, 0) is 0 Å². The average Bonchev–Trinajstić information content (AvgIpc) is 1.35. The van der Waals surface area contributed by atoms with E-state index in [9.17, 15) is 4.57 Å². The Balaban J connectivity index is 0. The van der Waals surface area contributed by atoms with E-state index in [0.717, 1.165) is 6.66 Å². The van der Waals surface area contributed by atoms with E-state index in [0.29, 0.717) is 0 Å². The molecule has 0 aromatic carbocycles. The maximum absolute atomic E-state index is 9.92. The van der Waals surface area contributed by atoms with Crippen LogP contribution in [0, 0.1) is 49.4 Å². The molecule has 0 bridgehead atoms. The third-order valence-electron chi connectivity index (χ3n) is 0.339. The second-order valence-corrected chi connectivity index (χ2v) is 2.96. The van der Waals surface area contributed by atoms with E-state index in [2.05, 4.69) is 4.52 Å². The van der Waals surface area contributed by atoms with E-state index in [1.54, 1.807) is 0 Å². The summed E-state index contributed by atoms with van der Waals surface area (Å²) in [4.78, 5) is 8.16. The Labute approximate surface area is 83.5 Å². The molecule has 0 rings (SSSR count). The molecule has 0 saturated heterocycles. The molecule has 0 heterocycles. The van der Waals surface area contributed by atoms with Gasteiger partial charge in [0, 0.05) is 63.2 Å². The summed E-state index contributed by atoms with van der Waals surface area (Å²) in [5.41, 5.74) is 0. The van der Waals surface area contributed by atoms with Crippen LogP contribution in [0.1, 0.15) is 0 Å². The minimum atomic E-state index is -3.15. The van der Waals surface area contributed by atoms with Gasteiger partial charge < -0.3 is 9.42 Å². The minimum Gasteiger partial charge on any atom is -0.324 e. The van der Waals surface area contributed by atoms with E-state index in [4.69, 9.17) is 4.89 Å². The van der Waals surface area contributed by atoms with Gasteiger partial charge in [0.15, 0.2) is 0 Å². The fourth-order valence-electron chi connectivity index (χ4n) is 0. The molecule has 0 aromatic heterocycles. The molecule has 7 heavy (non-hydrogen) atoms. The minimum absolute atomic E-state index is 0. The van der Waals surface area contributed by atoms with Crippen LogP contribution in [0.5, 0.6) is 0 Å². The quantitative estimate of drug-likeness (QED) is 0.698. The Morgan fingerprint density at radius 3 is 1.86 bits per heavy atom. The van der Waals surface area contributed by atoms with Gasteiger partial charge in [-0.3, -0.25) is 4.57 Å². The summed E-state index contributed by atoms with van der Waals surface area (Å²) in [5, 5.41) is 0. The third kappa shape index (κ3) is 11.3. The van der Waals surface area contributed by atoms with Crippen LogP contribution in [-0.4, -0.2) is 18.7 Å². The molecule has 0 aromatic rings. The van der Waals surface area contributed by atoms with Crippen LogP contribution in [0.3, 0.4) is 0 Å². The van der Waals surface area contributed by atoms with E-state index in [1.165, 1.54) is 7.11 Å². The predicted octanol–water partition coefficient (Wildman–Crippen LogP) is 0.448. The predicted molar refractivity (Wildman–Crippen MR) is 22.8 cm³/mol. The first kappa shape index (κ1) is 11.5. The Hall–Kier alpha value is 1.73. The molecule has 0 fully saturated rings. The number of hydrogen-bond donors (Lipinski definition) is 1. The van der Waals surface area contributed by atoms with Crippen LogP contribution >= 0.6 is 7.60 Å². The van der Waals surface area contributed by atoms with Crippen molar-refractivity contribution in [1.82, 2.24) is 0 Å². The molecule has 0 aliphatic carbocycles. The van der Waals surface area contributed by atoms with Gasteiger partial charge in [0.05, 0.1) is 0 Å². The summed E-state index contributed by atoms with van der Waals surface area (Å²) in [6, 6.07) is 0. The Morgan fingerprint density at radius 1 is 1.71 bits per heavy atom. The van der Waals surface area contributed by atoms with Crippen molar-refractivity contribution < 1.29 is 63.4 Å². The van der Waals surface area contributed by atoms with Crippen molar-refractivity contribution in [3.8, 4) is 0 Å². The molecular formula is C2H7EuO3P. The number of hydrogen-bond acceptors (Lipinski definition) is 2. The monoisotopic (exact) mass is 263 g/mol. The van der Waals surface area contributed by atoms with Crippen molar-refractivity contribution in [2.45, 2.75) is 0 Å². The van der Waals surface area contributed by atoms with Gasteiger partial charge in [0.1, 0.15) is 0 Å². The summed E-state index contributed by atoms with van der Waals surface area (Å²) >= 11 is 0. The largest absolute Gasteiger partial charge is 0.324 e. The van der Waals surface area contributed by atoms with Gasteiger partial charge in [0.25, 0.3) is 0 Å². The smallest absolute Gasteiger partial charge is 0.324 e. The van der Waals surface area contributed by atoms with Crippen LogP contribution in [0.2, 0.25) is 0 Å². The van der Waals surface area contributed by atoms with Crippen LogP contribution in [0.4, 0.5) is 0 Å². The zero-order valence-corrected chi connectivity index (χ0v) is 7.41. The summed E-state index contributed by atoms with van der Waals surface area (Å²) in [6.45, 7) is 1.13. The Bertz CT molecular complexity index is 77.0. The summed E-state index contributed by atoms with van der Waals surface area (Å²) < 4.78 is 14.0. The van der Waals surface area contributed by atoms with E-state index in [1.807, 2.05) is 0 Å². The van der Waals surface area contributed by atoms with Crippen LogP contribution in [0.15, 0.2) is 0 Å². The summed E-state index contributed by atoms with van der Waals surface area (Å²) in [7, 11) is -1.95. The van der Waals surface area contributed by atoms with Crippen molar-refractivity contribution in [3.63, 3.8) is 0 Å². The summed E-state index contributed by atoms with van der Waals surface area (Å²) in [6.07, 6.45) is 0. The first-order valence-corrected chi connectivity index (χ1v) is 3.45. The molecule has 0 saturated carbocycles. The molecule has 0 amide bonds. The van der Waals surface area contributed by atoms with Crippen LogP contribution < -0.4 is 0 Å². The molecule has 0 aliphatic rings. The number of rotatable bonds is 1. The molecule has 1 N–H and O–H groups in total. The summed E-state index contributed by atoms with van der Waals surface area (Å²) in [5.74, 6) is 0. The SMILES string of the molecule is COP(C)(=O)O.[Eu].